The Kier molecular flexibility index (Phi) is 10.2. The molecule has 22 heavy (non-hydrogen) atoms. The summed E-state index contributed by atoms with van der Waals surface area (Å²) in [4.78, 5) is 16.3. The normalized spacial score (nSPS) is 14.7. The third kappa shape index (κ3) is 5.67. The van der Waals surface area contributed by atoms with E-state index < -0.39 is 0 Å². The maximum Gasteiger partial charge on any atom is 0.222 e. The number of anilines is 1. The van der Waals surface area contributed by atoms with E-state index in [9.17, 15) is 4.79 Å². The fourth-order valence-corrected chi connectivity index (χ4v) is 2.79. The number of nitrogens with zero attached hydrogens (tertiary/aromatic N) is 2. The molecule has 1 saturated heterocycles. The van der Waals surface area contributed by atoms with Crippen LogP contribution in [0.25, 0.3) is 0 Å². The molecule has 1 aromatic carbocycles. The number of nitrogens with two attached hydrogens (primary N) is 1. The molecule has 126 valence electrons. The molecule has 0 aromatic heterocycles. The van der Waals surface area contributed by atoms with Gasteiger partial charge in [0.25, 0.3) is 0 Å². The van der Waals surface area contributed by atoms with Crippen molar-refractivity contribution in [3.63, 3.8) is 0 Å². The van der Waals surface area contributed by atoms with Crippen molar-refractivity contribution in [3.8, 4) is 0 Å². The number of piperidine rings is 1. The second kappa shape index (κ2) is 10.7. The average Bonchev–Trinajstić information content (AvgIpc) is 2.53. The molecule has 4 nitrogen and oxygen atoms in total. The van der Waals surface area contributed by atoms with Crippen LogP contribution in [-0.2, 0) is 4.79 Å². The lowest BCUT2D eigenvalue weighted by atomic mass is 10.0. The molecule has 6 heteroatoms. The Bertz CT molecular complexity index is 423. The van der Waals surface area contributed by atoms with Gasteiger partial charge in [-0.1, -0.05) is 18.2 Å². The Morgan fingerprint density at radius 1 is 1.23 bits per heavy atom. The second-order valence-electron chi connectivity index (χ2n) is 5.45. The van der Waals surface area contributed by atoms with Gasteiger partial charge in [-0.15, -0.1) is 24.8 Å². The van der Waals surface area contributed by atoms with Crippen LogP contribution in [0.5, 0.6) is 0 Å². The summed E-state index contributed by atoms with van der Waals surface area (Å²) < 4.78 is 0. The van der Waals surface area contributed by atoms with Gasteiger partial charge in [0.15, 0.2) is 0 Å². The second-order valence-corrected chi connectivity index (χ2v) is 5.45. The molecule has 2 N–H and O–H groups in total. The molecule has 1 aromatic rings. The number of hydrogen-bond donors (Lipinski definition) is 1. The lowest BCUT2D eigenvalue weighted by molar-refractivity contribution is -0.132. The molecule has 0 saturated carbocycles. The maximum atomic E-state index is 12.0. The topological polar surface area (TPSA) is 49.6 Å². The highest BCUT2D eigenvalue weighted by atomic mass is 35.5. The zero-order valence-electron chi connectivity index (χ0n) is 13.1. The van der Waals surface area contributed by atoms with Gasteiger partial charge in [-0.3, -0.25) is 4.79 Å². The van der Waals surface area contributed by atoms with Crippen molar-refractivity contribution in [1.82, 2.24) is 4.90 Å². The smallest absolute Gasteiger partial charge is 0.222 e. The van der Waals surface area contributed by atoms with Gasteiger partial charge in [0.05, 0.1) is 0 Å². The number of amides is 1. The molecule has 1 aliphatic rings. The van der Waals surface area contributed by atoms with Crippen molar-refractivity contribution in [2.75, 3.05) is 31.6 Å². The van der Waals surface area contributed by atoms with Gasteiger partial charge < -0.3 is 15.5 Å². The number of likely N-dealkylation sites (tertiary alicyclic amines) is 1. The predicted molar refractivity (Wildman–Crippen MR) is 97.2 cm³/mol. The zero-order valence-corrected chi connectivity index (χ0v) is 14.7. The van der Waals surface area contributed by atoms with Gasteiger partial charge in [-0.25, -0.2) is 0 Å². The zero-order chi connectivity index (χ0) is 14.4. The van der Waals surface area contributed by atoms with Crippen LogP contribution in [-0.4, -0.2) is 43.5 Å². The fraction of sp³-hybridized carbons (Fsp3) is 0.562. The fourth-order valence-electron chi connectivity index (χ4n) is 2.79. The van der Waals surface area contributed by atoms with Gasteiger partial charge in [0.2, 0.25) is 5.91 Å². The molecule has 1 heterocycles. The van der Waals surface area contributed by atoms with E-state index in [1.54, 1.807) is 0 Å². The summed E-state index contributed by atoms with van der Waals surface area (Å²) in [5.41, 5.74) is 6.71. The summed E-state index contributed by atoms with van der Waals surface area (Å²) in [6.45, 7) is 2.33. The lowest BCUT2D eigenvalue weighted by Crippen LogP contribution is -2.45. The summed E-state index contributed by atoms with van der Waals surface area (Å²) in [5.74, 6) is 0.260. The Morgan fingerprint density at radius 3 is 2.36 bits per heavy atom. The molecule has 1 amide bonds. The molecule has 0 unspecified atom stereocenters. The first-order chi connectivity index (χ1) is 9.72. The van der Waals surface area contributed by atoms with E-state index in [1.165, 1.54) is 5.69 Å². The van der Waals surface area contributed by atoms with E-state index in [4.69, 9.17) is 5.73 Å². The minimum atomic E-state index is 0. The molecule has 1 fully saturated rings. The molecule has 2 rings (SSSR count). The van der Waals surface area contributed by atoms with Gasteiger partial charge in [-0.2, -0.15) is 0 Å². The Hall–Kier alpha value is -0.970. The molecule has 0 aliphatic carbocycles. The molecule has 0 radical (unpaired) electrons. The van der Waals surface area contributed by atoms with E-state index in [1.807, 2.05) is 11.0 Å². The van der Waals surface area contributed by atoms with Crippen molar-refractivity contribution in [1.29, 1.82) is 0 Å². The number of benzene rings is 1. The molecular weight excluding hydrogens is 321 g/mol. The van der Waals surface area contributed by atoms with Crippen LogP contribution in [0.15, 0.2) is 30.3 Å². The van der Waals surface area contributed by atoms with Gasteiger partial charge in [0, 0.05) is 38.3 Å². The van der Waals surface area contributed by atoms with E-state index in [-0.39, 0.29) is 30.7 Å². The molecule has 1 aliphatic heterocycles. The largest absolute Gasteiger partial charge is 0.371 e. The summed E-state index contributed by atoms with van der Waals surface area (Å²) >= 11 is 0. The third-order valence-corrected chi connectivity index (χ3v) is 4.12. The van der Waals surface area contributed by atoms with Gasteiger partial charge >= 0.3 is 0 Å². The van der Waals surface area contributed by atoms with Gasteiger partial charge in [-0.05, 0) is 37.9 Å². The van der Waals surface area contributed by atoms with Gasteiger partial charge in [0.1, 0.15) is 0 Å². The Balaban J connectivity index is 0.00000220. The molecule has 0 bridgehead atoms. The van der Waals surface area contributed by atoms with E-state index in [2.05, 4.69) is 36.2 Å². The maximum absolute atomic E-state index is 12.0. The van der Waals surface area contributed by atoms with Crippen molar-refractivity contribution in [2.45, 2.75) is 31.7 Å². The number of hydrogen-bond acceptors (Lipinski definition) is 3. The van der Waals surface area contributed by atoms with Crippen molar-refractivity contribution in [2.24, 2.45) is 5.73 Å². The number of halogens is 2. The monoisotopic (exact) mass is 347 g/mol. The predicted octanol–water partition coefficient (Wildman–Crippen LogP) is 2.70. The standard InChI is InChI=1S/C16H25N3O.2ClH/c1-18(14-6-3-2-4-7-14)15-9-12-19(13-10-15)16(20)8-5-11-17;;/h2-4,6-7,15H,5,8-13,17H2,1H3;2*1H. The first-order valence-electron chi connectivity index (χ1n) is 7.48. The third-order valence-electron chi connectivity index (χ3n) is 4.12. The van der Waals surface area contributed by atoms with E-state index >= 15 is 0 Å². The van der Waals surface area contributed by atoms with Crippen LogP contribution >= 0.6 is 24.8 Å². The summed E-state index contributed by atoms with van der Waals surface area (Å²) in [5, 5.41) is 0. The molecule has 0 spiro atoms. The first kappa shape index (κ1) is 21.0. The SMILES string of the molecule is CN(c1ccccc1)C1CCN(C(=O)CCCN)CC1.Cl.Cl. The first-order valence-corrected chi connectivity index (χ1v) is 7.48. The van der Waals surface area contributed by atoms with Crippen molar-refractivity contribution in [3.05, 3.63) is 30.3 Å². The molecule has 0 atom stereocenters. The van der Waals surface area contributed by atoms with Crippen LogP contribution in [0.3, 0.4) is 0 Å². The summed E-state index contributed by atoms with van der Waals surface area (Å²) in [7, 11) is 2.14. The van der Waals surface area contributed by atoms with Crippen molar-refractivity contribution < 1.29 is 4.79 Å². The van der Waals surface area contributed by atoms with E-state index in [0.29, 0.717) is 19.0 Å². The van der Waals surface area contributed by atoms with Crippen LogP contribution in [0.4, 0.5) is 5.69 Å². The Labute approximate surface area is 145 Å². The minimum absolute atomic E-state index is 0. The van der Waals surface area contributed by atoms with Crippen LogP contribution in [0.1, 0.15) is 25.7 Å². The Morgan fingerprint density at radius 2 is 1.82 bits per heavy atom. The highest BCUT2D eigenvalue weighted by Gasteiger charge is 2.24. The highest BCUT2D eigenvalue weighted by molar-refractivity contribution is 5.85. The van der Waals surface area contributed by atoms with E-state index in [0.717, 1.165) is 32.4 Å². The van der Waals surface area contributed by atoms with Crippen molar-refractivity contribution >= 4 is 36.4 Å². The summed E-state index contributed by atoms with van der Waals surface area (Å²) in [6, 6.07) is 11.0. The quantitative estimate of drug-likeness (QED) is 0.890. The van der Waals surface area contributed by atoms with Crippen LogP contribution in [0.2, 0.25) is 0 Å². The van der Waals surface area contributed by atoms with Crippen LogP contribution < -0.4 is 10.6 Å². The average molecular weight is 348 g/mol. The highest BCUT2D eigenvalue weighted by Crippen LogP contribution is 2.22. The number of carbonyl (C=O) groups excluding carboxylic acids is 1. The lowest BCUT2D eigenvalue weighted by Gasteiger charge is -2.38. The number of carbonyl (C=O) groups is 1. The summed E-state index contributed by atoms with van der Waals surface area (Å²) in [6.07, 6.45) is 3.47. The molecular formula is C16H27Cl2N3O. The van der Waals surface area contributed by atoms with Crippen LogP contribution in [0, 0.1) is 0 Å². The minimum Gasteiger partial charge on any atom is -0.371 e. The number of para-hydroxylation sites is 1. The number of rotatable bonds is 5.